The van der Waals surface area contributed by atoms with Crippen LogP contribution in [-0.4, -0.2) is 32.3 Å². The number of hydrogen-bond donors (Lipinski definition) is 0. The van der Waals surface area contributed by atoms with Crippen molar-refractivity contribution in [3.8, 4) is 0 Å². The number of benzene rings is 1. The van der Waals surface area contributed by atoms with E-state index in [0.717, 1.165) is 31.7 Å². The largest absolute Gasteiger partial charge is 0.465 e. The molecule has 2 rings (SSSR count). The number of nitrogens with zero attached hydrogens (tertiary/aromatic N) is 1. The van der Waals surface area contributed by atoms with Gasteiger partial charge in [-0.25, -0.2) is 4.79 Å². The van der Waals surface area contributed by atoms with Crippen LogP contribution in [0.4, 0.5) is 0 Å². The SMILES string of the molecule is COC(=O)c1ccc(Br)c2cc(I)n(COCC[Si](C)(C)C)c12. The Balaban J connectivity index is 2.33. The van der Waals surface area contributed by atoms with E-state index < -0.39 is 8.07 Å². The smallest absolute Gasteiger partial charge is 0.340 e. The van der Waals surface area contributed by atoms with E-state index in [-0.39, 0.29) is 5.97 Å². The summed E-state index contributed by atoms with van der Waals surface area (Å²) < 4.78 is 14.8. The molecule has 7 heteroatoms. The fourth-order valence-corrected chi connectivity index (χ4v) is 4.13. The van der Waals surface area contributed by atoms with Crippen molar-refractivity contribution >= 4 is 63.5 Å². The molecule has 4 nitrogen and oxygen atoms in total. The van der Waals surface area contributed by atoms with Gasteiger partial charge in [0, 0.05) is 24.5 Å². The van der Waals surface area contributed by atoms with E-state index in [1.165, 1.54) is 7.11 Å². The van der Waals surface area contributed by atoms with Gasteiger partial charge in [0.15, 0.2) is 0 Å². The molecule has 0 fully saturated rings. The molecule has 0 aliphatic carbocycles. The Kier molecular flexibility index (Phi) is 6.32. The summed E-state index contributed by atoms with van der Waals surface area (Å²) in [5, 5.41) is 0.992. The topological polar surface area (TPSA) is 40.5 Å². The lowest BCUT2D eigenvalue weighted by atomic mass is 10.1. The van der Waals surface area contributed by atoms with Crippen LogP contribution in [0.1, 0.15) is 10.4 Å². The van der Waals surface area contributed by atoms with Gasteiger partial charge in [-0.1, -0.05) is 35.6 Å². The molecule has 0 bridgehead atoms. The van der Waals surface area contributed by atoms with Crippen LogP contribution in [0.3, 0.4) is 0 Å². The lowest BCUT2D eigenvalue weighted by molar-refractivity contribution is 0.0600. The Morgan fingerprint density at radius 2 is 2.04 bits per heavy atom. The fraction of sp³-hybridized carbons (Fsp3) is 0.438. The lowest BCUT2D eigenvalue weighted by Crippen LogP contribution is -2.22. The summed E-state index contributed by atoms with van der Waals surface area (Å²) in [6.07, 6.45) is 0. The number of halogens is 2. The monoisotopic (exact) mass is 509 g/mol. The molecule has 0 N–H and O–H groups in total. The van der Waals surface area contributed by atoms with Crippen LogP contribution in [0.15, 0.2) is 22.7 Å². The maximum absolute atomic E-state index is 12.1. The number of fused-ring (bicyclic) bond motifs is 1. The highest BCUT2D eigenvalue weighted by Gasteiger charge is 2.19. The number of carbonyl (C=O) groups excluding carboxylic acids is 1. The lowest BCUT2D eigenvalue weighted by Gasteiger charge is -2.16. The van der Waals surface area contributed by atoms with Gasteiger partial charge in [-0.2, -0.15) is 0 Å². The zero-order valence-corrected chi connectivity index (χ0v) is 18.5. The second kappa shape index (κ2) is 7.67. The van der Waals surface area contributed by atoms with E-state index in [2.05, 4.69) is 58.2 Å². The third-order valence-electron chi connectivity index (χ3n) is 3.58. The molecule has 0 atom stereocenters. The van der Waals surface area contributed by atoms with Crippen molar-refractivity contribution in [3.05, 3.63) is 31.9 Å². The van der Waals surface area contributed by atoms with Gasteiger partial charge < -0.3 is 14.0 Å². The van der Waals surface area contributed by atoms with Crippen LogP contribution in [0.2, 0.25) is 25.7 Å². The van der Waals surface area contributed by atoms with Crippen LogP contribution in [-0.2, 0) is 16.2 Å². The van der Waals surface area contributed by atoms with Gasteiger partial charge in [0.05, 0.1) is 21.9 Å². The first-order valence-corrected chi connectivity index (χ1v) is 13.0. The van der Waals surface area contributed by atoms with Crippen LogP contribution in [0.5, 0.6) is 0 Å². The maximum atomic E-state index is 12.1. The Bertz CT molecular complexity index is 724. The Morgan fingerprint density at radius 3 is 2.65 bits per heavy atom. The quantitative estimate of drug-likeness (QED) is 0.235. The van der Waals surface area contributed by atoms with Crippen LogP contribution >= 0.6 is 38.5 Å². The molecule has 1 aromatic heterocycles. The van der Waals surface area contributed by atoms with Gasteiger partial charge in [0.1, 0.15) is 6.73 Å². The van der Waals surface area contributed by atoms with E-state index in [9.17, 15) is 4.79 Å². The molecule has 0 aliphatic heterocycles. The highest BCUT2D eigenvalue weighted by Crippen LogP contribution is 2.31. The van der Waals surface area contributed by atoms with Crippen molar-refractivity contribution < 1.29 is 14.3 Å². The molecular formula is C16H21BrINO3Si. The van der Waals surface area contributed by atoms with Crippen molar-refractivity contribution in [2.75, 3.05) is 13.7 Å². The third kappa shape index (κ3) is 4.58. The van der Waals surface area contributed by atoms with Gasteiger partial charge in [0.25, 0.3) is 0 Å². The molecule has 2 aromatic rings. The molecule has 126 valence electrons. The molecule has 0 spiro atoms. The predicted molar refractivity (Wildman–Crippen MR) is 108 cm³/mol. The van der Waals surface area contributed by atoms with E-state index in [1.54, 1.807) is 6.07 Å². The molecule has 0 saturated carbocycles. The number of esters is 1. The zero-order valence-electron chi connectivity index (χ0n) is 13.8. The van der Waals surface area contributed by atoms with Gasteiger partial charge >= 0.3 is 5.97 Å². The summed E-state index contributed by atoms with van der Waals surface area (Å²) in [4.78, 5) is 12.1. The number of aromatic nitrogens is 1. The number of rotatable bonds is 6. The number of methoxy groups -OCH3 is 1. The number of ether oxygens (including phenoxy) is 2. The summed E-state index contributed by atoms with van der Waals surface area (Å²) in [6.45, 7) is 8.17. The first-order valence-electron chi connectivity index (χ1n) is 7.38. The fourth-order valence-electron chi connectivity index (χ4n) is 2.25. The summed E-state index contributed by atoms with van der Waals surface area (Å²) in [5.41, 5.74) is 1.41. The van der Waals surface area contributed by atoms with Crippen LogP contribution in [0.25, 0.3) is 10.9 Å². The van der Waals surface area contributed by atoms with E-state index in [4.69, 9.17) is 9.47 Å². The highest BCUT2D eigenvalue weighted by atomic mass is 127. The standard InChI is InChI=1S/C16H21BrINO3Si/c1-21-16(20)11-5-6-13(17)12-9-14(18)19(15(11)12)10-22-7-8-23(2,3)4/h5-6,9H,7-8,10H2,1-4H3. The molecule has 0 radical (unpaired) electrons. The molecule has 0 aliphatic rings. The molecule has 1 heterocycles. The van der Waals surface area contributed by atoms with Gasteiger partial charge in [-0.3, -0.25) is 0 Å². The first-order chi connectivity index (χ1) is 10.7. The summed E-state index contributed by atoms with van der Waals surface area (Å²) in [5.74, 6) is -0.333. The van der Waals surface area contributed by atoms with E-state index in [0.29, 0.717) is 12.3 Å². The predicted octanol–water partition coefficient (Wildman–Crippen LogP) is 5.11. The normalized spacial score (nSPS) is 11.9. The number of hydrogen-bond acceptors (Lipinski definition) is 3. The molecule has 23 heavy (non-hydrogen) atoms. The van der Waals surface area contributed by atoms with Gasteiger partial charge in [0.2, 0.25) is 0 Å². The molecular weight excluding hydrogens is 489 g/mol. The van der Waals surface area contributed by atoms with Crippen LogP contribution < -0.4 is 0 Å². The molecule has 0 saturated heterocycles. The first kappa shape index (κ1) is 18.9. The Hall–Kier alpha value is -0.383. The summed E-state index contributed by atoms with van der Waals surface area (Å²) >= 11 is 5.82. The summed E-state index contributed by atoms with van der Waals surface area (Å²) in [6, 6.07) is 6.83. The maximum Gasteiger partial charge on any atom is 0.340 e. The Labute approximate surface area is 159 Å². The van der Waals surface area contributed by atoms with Crippen LogP contribution in [0, 0.1) is 3.70 Å². The number of carbonyl (C=O) groups is 1. The highest BCUT2D eigenvalue weighted by molar-refractivity contribution is 14.1. The average molecular weight is 510 g/mol. The minimum Gasteiger partial charge on any atom is -0.465 e. The summed E-state index contributed by atoms with van der Waals surface area (Å²) in [7, 11) is 0.294. The van der Waals surface area contributed by atoms with Gasteiger partial charge in [-0.05, 0) is 46.8 Å². The second-order valence-electron chi connectivity index (χ2n) is 6.59. The zero-order chi connectivity index (χ0) is 17.2. The second-order valence-corrected chi connectivity index (χ2v) is 14.2. The van der Waals surface area contributed by atoms with Gasteiger partial charge in [-0.15, -0.1) is 0 Å². The van der Waals surface area contributed by atoms with Crippen molar-refractivity contribution in [1.29, 1.82) is 0 Å². The minimum atomic E-state index is -1.11. The van der Waals surface area contributed by atoms with Crippen molar-refractivity contribution in [3.63, 3.8) is 0 Å². The van der Waals surface area contributed by atoms with E-state index in [1.807, 2.05) is 16.7 Å². The van der Waals surface area contributed by atoms with Crippen molar-refractivity contribution in [2.24, 2.45) is 0 Å². The Morgan fingerprint density at radius 1 is 1.35 bits per heavy atom. The van der Waals surface area contributed by atoms with Crippen molar-refractivity contribution in [1.82, 2.24) is 4.57 Å². The average Bonchev–Trinajstić information content (AvgIpc) is 2.80. The third-order valence-corrected chi connectivity index (χ3v) is 6.87. The molecule has 0 unspecified atom stereocenters. The molecule has 0 amide bonds. The minimum absolute atomic E-state index is 0.333. The van der Waals surface area contributed by atoms with Crippen molar-refractivity contribution in [2.45, 2.75) is 32.4 Å². The van der Waals surface area contributed by atoms with E-state index >= 15 is 0 Å². The molecule has 1 aromatic carbocycles.